The van der Waals surface area contributed by atoms with Crippen LogP contribution in [0.15, 0.2) is 24.3 Å². The smallest absolute Gasteiger partial charge is 0.249 e. The second-order valence-electron chi connectivity index (χ2n) is 5.68. The Hall–Kier alpha value is -1.79. The van der Waals surface area contributed by atoms with Crippen LogP contribution in [0, 0.1) is 12.7 Å². The Balaban J connectivity index is 1.77. The number of halogens is 1. The molecule has 0 saturated carbocycles. The molecule has 1 aliphatic heterocycles. The van der Waals surface area contributed by atoms with E-state index in [0.717, 1.165) is 23.4 Å². The standard InChI is InChI=1S/C17H19FN2O2S/c1-10(19-16(21)14-8-5-9-22-14)15-11(2)20-17(23-15)12-6-3-4-7-13(12)18/h3-4,6-7,10,14H,5,8-9H2,1-2H3,(H,19,21). The Kier molecular flexibility index (Phi) is 4.73. The van der Waals surface area contributed by atoms with Gasteiger partial charge in [0.25, 0.3) is 0 Å². The molecule has 0 radical (unpaired) electrons. The molecule has 1 aromatic carbocycles. The molecule has 3 rings (SSSR count). The Labute approximate surface area is 138 Å². The molecular weight excluding hydrogens is 315 g/mol. The quantitative estimate of drug-likeness (QED) is 0.929. The van der Waals surface area contributed by atoms with Crippen molar-refractivity contribution >= 4 is 17.2 Å². The van der Waals surface area contributed by atoms with Gasteiger partial charge in [0.2, 0.25) is 5.91 Å². The van der Waals surface area contributed by atoms with Crippen LogP contribution in [0.3, 0.4) is 0 Å². The van der Waals surface area contributed by atoms with Gasteiger partial charge in [-0.25, -0.2) is 9.37 Å². The number of rotatable bonds is 4. The first-order valence-electron chi connectivity index (χ1n) is 7.70. The van der Waals surface area contributed by atoms with E-state index < -0.39 is 0 Å². The van der Waals surface area contributed by atoms with E-state index in [1.54, 1.807) is 18.2 Å². The largest absolute Gasteiger partial charge is 0.368 e. The van der Waals surface area contributed by atoms with Gasteiger partial charge in [0.05, 0.1) is 16.6 Å². The molecule has 1 aliphatic rings. The molecule has 6 heteroatoms. The second-order valence-corrected chi connectivity index (χ2v) is 6.71. The van der Waals surface area contributed by atoms with Gasteiger partial charge in [-0.05, 0) is 38.8 Å². The van der Waals surface area contributed by atoms with Crippen LogP contribution < -0.4 is 5.32 Å². The summed E-state index contributed by atoms with van der Waals surface area (Å²) in [6.07, 6.45) is 1.33. The van der Waals surface area contributed by atoms with Gasteiger partial charge in [0.1, 0.15) is 16.9 Å². The summed E-state index contributed by atoms with van der Waals surface area (Å²) in [7, 11) is 0. The number of carbonyl (C=O) groups is 1. The Morgan fingerprint density at radius 1 is 1.48 bits per heavy atom. The Morgan fingerprint density at radius 3 is 2.96 bits per heavy atom. The number of carbonyl (C=O) groups excluding carboxylic acids is 1. The summed E-state index contributed by atoms with van der Waals surface area (Å²) in [6.45, 7) is 4.44. The number of nitrogens with one attached hydrogen (secondary N) is 1. The van der Waals surface area contributed by atoms with Crippen molar-refractivity contribution in [3.63, 3.8) is 0 Å². The maximum absolute atomic E-state index is 13.9. The first kappa shape index (κ1) is 16.1. The lowest BCUT2D eigenvalue weighted by atomic mass is 10.2. The first-order valence-corrected chi connectivity index (χ1v) is 8.52. The van der Waals surface area contributed by atoms with Crippen LogP contribution in [0.25, 0.3) is 10.6 Å². The highest BCUT2D eigenvalue weighted by molar-refractivity contribution is 7.15. The molecule has 1 aromatic heterocycles. The summed E-state index contributed by atoms with van der Waals surface area (Å²) in [5.41, 5.74) is 1.30. The van der Waals surface area contributed by atoms with Crippen LogP contribution >= 0.6 is 11.3 Å². The molecule has 0 bridgehead atoms. The number of ether oxygens (including phenoxy) is 1. The van der Waals surface area contributed by atoms with Crippen LogP contribution in [0.1, 0.15) is 36.4 Å². The monoisotopic (exact) mass is 334 g/mol. The van der Waals surface area contributed by atoms with Crippen molar-refractivity contribution in [2.45, 2.75) is 38.8 Å². The number of hydrogen-bond acceptors (Lipinski definition) is 4. The van der Waals surface area contributed by atoms with E-state index in [-0.39, 0.29) is 23.9 Å². The number of aromatic nitrogens is 1. The third-order valence-electron chi connectivity index (χ3n) is 3.91. The molecule has 0 spiro atoms. The molecule has 1 amide bonds. The van der Waals surface area contributed by atoms with Crippen LogP contribution in [-0.2, 0) is 9.53 Å². The summed E-state index contributed by atoms with van der Waals surface area (Å²) in [4.78, 5) is 17.6. The number of amides is 1. The van der Waals surface area contributed by atoms with Gasteiger partial charge in [-0.15, -0.1) is 11.3 Å². The van der Waals surface area contributed by atoms with E-state index in [4.69, 9.17) is 4.74 Å². The zero-order chi connectivity index (χ0) is 16.4. The predicted molar refractivity (Wildman–Crippen MR) is 87.8 cm³/mol. The zero-order valence-electron chi connectivity index (χ0n) is 13.1. The SMILES string of the molecule is Cc1nc(-c2ccccc2F)sc1C(C)NC(=O)C1CCCO1. The van der Waals surface area contributed by atoms with Crippen molar-refractivity contribution in [2.24, 2.45) is 0 Å². The van der Waals surface area contributed by atoms with Gasteiger partial charge in [-0.1, -0.05) is 12.1 Å². The second kappa shape index (κ2) is 6.76. The van der Waals surface area contributed by atoms with E-state index in [9.17, 15) is 9.18 Å². The molecule has 2 atom stereocenters. The minimum absolute atomic E-state index is 0.0877. The van der Waals surface area contributed by atoms with Crippen molar-refractivity contribution in [1.82, 2.24) is 10.3 Å². The van der Waals surface area contributed by atoms with E-state index in [0.29, 0.717) is 17.2 Å². The highest BCUT2D eigenvalue weighted by Gasteiger charge is 2.26. The van der Waals surface area contributed by atoms with E-state index in [2.05, 4.69) is 10.3 Å². The van der Waals surface area contributed by atoms with Crippen molar-refractivity contribution in [3.8, 4) is 10.6 Å². The molecule has 23 heavy (non-hydrogen) atoms. The fraction of sp³-hybridized carbons (Fsp3) is 0.412. The minimum Gasteiger partial charge on any atom is -0.368 e. The van der Waals surface area contributed by atoms with Crippen LogP contribution in [0.4, 0.5) is 4.39 Å². The summed E-state index contributed by atoms with van der Waals surface area (Å²) >= 11 is 1.41. The van der Waals surface area contributed by atoms with Crippen molar-refractivity contribution in [2.75, 3.05) is 6.61 Å². The molecule has 4 nitrogen and oxygen atoms in total. The summed E-state index contributed by atoms with van der Waals surface area (Å²) in [5.74, 6) is -0.376. The van der Waals surface area contributed by atoms with Gasteiger partial charge >= 0.3 is 0 Å². The summed E-state index contributed by atoms with van der Waals surface area (Å²) in [5, 5.41) is 3.60. The minimum atomic E-state index is -0.350. The van der Waals surface area contributed by atoms with Crippen LogP contribution in [-0.4, -0.2) is 23.6 Å². The molecule has 122 valence electrons. The predicted octanol–water partition coefficient (Wildman–Crippen LogP) is 3.61. The van der Waals surface area contributed by atoms with Gasteiger partial charge in [-0.3, -0.25) is 4.79 Å². The molecule has 2 heterocycles. The fourth-order valence-corrected chi connectivity index (χ4v) is 3.81. The molecule has 1 fully saturated rings. The normalized spacial score (nSPS) is 18.8. The third-order valence-corrected chi connectivity index (χ3v) is 5.28. The van der Waals surface area contributed by atoms with Crippen molar-refractivity contribution < 1.29 is 13.9 Å². The topological polar surface area (TPSA) is 51.2 Å². The van der Waals surface area contributed by atoms with Gasteiger partial charge in [0.15, 0.2) is 0 Å². The molecule has 1 N–H and O–H groups in total. The maximum atomic E-state index is 13.9. The molecule has 0 aliphatic carbocycles. The molecular formula is C17H19FN2O2S. The Morgan fingerprint density at radius 2 is 2.26 bits per heavy atom. The zero-order valence-corrected chi connectivity index (χ0v) is 14.0. The lowest BCUT2D eigenvalue weighted by Gasteiger charge is -2.16. The van der Waals surface area contributed by atoms with E-state index >= 15 is 0 Å². The number of aryl methyl sites for hydroxylation is 1. The van der Waals surface area contributed by atoms with Crippen molar-refractivity contribution in [1.29, 1.82) is 0 Å². The van der Waals surface area contributed by atoms with Gasteiger partial charge in [0, 0.05) is 12.2 Å². The average Bonchev–Trinajstić information content (AvgIpc) is 3.17. The molecule has 2 aromatic rings. The lowest BCUT2D eigenvalue weighted by Crippen LogP contribution is -2.35. The number of thiazole rings is 1. The highest BCUT2D eigenvalue weighted by atomic mass is 32.1. The number of benzene rings is 1. The van der Waals surface area contributed by atoms with Crippen LogP contribution in [0.2, 0.25) is 0 Å². The Bertz CT molecular complexity index is 710. The fourth-order valence-electron chi connectivity index (χ4n) is 2.72. The maximum Gasteiger partial charge on any atom is 0.249 e. The number of nitrogens with zero attached hydrogens (tertiary/aromatic N) is 1. The third kappa shape index (κ3) is 3.43. The number of hydrogen-bond donors (Lipinski definition) is 1. The van der Waals surface area contributed by atoms with Crippen molar-refractivity contribution in [3.05, 3.63) is 40.7 Å². The van der Waals surface area contributed by atoms with E-state index in [1.165, 1.54) is 17.4 Å². The molecule has 2 unspecified atom stereocenters. The van der Waals surface area contributed by atoms with E-state index in [1.807, 2.05) is 13.8 Å². The molecule has 1 saturated heterocycles. The summed E-state index contributed by atoms with van der Waals surface area (Å²) in [6, 6.07) is 6.41. The average molecular weight is 334 g/mol. The van der Waals surface area contributed by atoms with Gasteiger partial charge < -0.3 is 10.1 Å². The lowest BCUT2D eigenvalue weighted by molar-refractivity contribution is -0.130. The van der Waals surface area contributed by atoms with Crippen LogP contribution in [0.5, 0.6) is 0 Å². The summed E-state index contributed by atoms with van der Waals surface area (Å²) < 4.78 is 19.3. The van der Waals surface area contributed by atoms with Gasteiger partial charge in [-0.2, -0.15) is 0 Å². The first-order chi connectivity index (χ1) is 11.1. The highest BCUT2D eigenvalue weighted by Crippen LogP contribution is 2.33.